The number of aromatic hydroxyl groups is 1. The number of fused-ring (bicyclic) bond motifs is 1. The van der Waals surface area contributed by atoms with Crippen molar-refractivity contribution in [3.8, 4) is 17.1 Å². The van der Waals surface area contributed by atoms with Gasteiger partial charge in [0.15, 0.2) is 11.6 Å². The average molecular weight is 373 g/mol. The number of rotatable bonds is 4. The first-order chi connectivity index (χ1) is 12.8. The maximum atomic E-state index is 13.7. The SMILES string of the molecule is CC(C)NC(=O)Cn1c(-c2ccc(F)c(F)c2)nc2ccc(O)cc2c1=O. The fraction of sp³-hybridized carbons (Fsp3) is 0.211. The van der Waals surface area contributed by atoms with Gasteiger partial charge in [-0.2, -0.15) is 0 Å². The fourth-order valence-corrected chi connectivity index (χ4v) is 2.72. The Morgan fingerprint density at radius 1 is 1.19 bits per heavy atom. The van der Waals surface area contributed by atoms with Crippen LogP contribution in [0.4, 0.5) is 8.78 Å². The molecule has 2 N–H and O–H groups in total. The van der Waals surface area contributed by atoms with E-state index in [1.54, 1.807) is 13.8 Å². The molecule has 2 aromatic carbocycles. The highest BCUT2D eigenvalue weighted by molar-refractivity contribution is 5.82. The van der Waals surface area contributed by atoms with Gasteiger partial charge in [-0.25, -0.2) is 13.8 Å². The fourth-order valence-electron chi connectivity index (χ4n) is 2.72. The van der Waals surface area contributed by atoms with Crippen molar-refractivity contribution in [2.75, 3.05) is 0 Å². The van der Waals surface area contributed by atoms with E-state index < -0.39 is 23.1 Å². The van der Waals surface area contributed by atoms with Gasteiger partial charge in [0.1, 0.15) is 18.1 Å². The molecule has 6 nitrogen and oxygen atoms in total. The zero-order valence-electron chi connectivity index (χ0n) is 14.7. The molecule has 3 aromatic rings. The third-order valence-electron chi connectivity index (χ3n) is 3.87. The normalized spacial score (nSPS) is 11.1. The molecule has 140 valence electrons. The molecule has 0 saturated carbocycles. The molecular formula is C19H17F2N3O3. The molecule has 3 rings (SSSR count). The van der Waals surface area contributed by atoms with Crippen molar-refractivity contribution in [2.45, 2.75) is 26.4 Å². The van der Waals surface area contributed by atoms with Gasteiger partial charge in [-0.3, -0.25) is 14.2 Å². The second kappa shape index (κ2) is 7.14. The number of carbonyl (C=O) groups excluding carboxylic acids is 1. The Labute approximate surface area is 153 Å². The van der Waals surface area contributed by atoms with Crippen LogP contribution >= 0.6 is 0 Å². The van der Waals surface area contributed by atoms with Crippen LogP contribution < -0.4 is 10.9 Å². The van der Waals surface area contributed by atoms with Gasteiger partial charge in [-0.05, 0) is 50.2 Å². The Kier molecular flexibility index (Phi) is 4.89. The number of amides is 1. The minimum atomic E-state index is -1.09. The van der Waals surface area contributed by atoms with Crippen LogP contribution in [0, 0.1) is 11.6 Å². The molecule has 0 unspecified atom stereocenters. The van der Waals surface area contributed by atoms with Crippen molar-refractivity contribution in [3.05, 3.63) is 58.4 Å². The van der Waals surface area contributed by atoms with Gasteiger partial charge in [0, 0.05) is 11.6 Å². The predicted molar refractivity (Wildman–Crippen MR) is 96.3 cm³/mol. The van der Waals surface area contributed by atoms with Gasteiger partial charge in [0.25, 0.3) is 5.56 Å². The summed E-state index contributed by atoms with van der Waals surface area (Å²) in [6, 6.07) is 7.03. The lowest BCUT2D eigenvalue weighted by Gasteiger charge is -2.15. The van der Waals surface area contributed by atoms with Crippen molar-refractivity contribution in [3.63, 3.8) is 0 Å². The molecule has 0 aliphatic carbocycles. The van der Waals surface area contributed by atoms with Crippen molar-refractivity contribution >= 4 is 16.8 Å². The van der Waals surface area contributed by atoms with Crippen LogP contribution in [0.25, 0.3) is 22.3 Å². The molecule has 0 aliphatic rings. The number of phenols is 1. The van der Waals surface area contributed by atoms with Gasteiger partial charge in [-0.15, -0.1) is 0 Å². The minimum absolute atomic E-state index is 0.0241. The number of benzene rings is 2. The first-order valence-electron chi connectivity index (χ1n) is 8.24. The summed E-state index contributed by atoms with van der Waals surface area (Å²) in [4.78, 5) is 29.4. The van der Waals surface area contributed by atoms with E-state index in [0.717, 1.165) is 16.7 Å². The van der Waals surface area contributed by atoms with Crippen molar-refractivity contribution in [1.29, 1.82) is 0 Å². The molecule has 0 aliphatic heterocycles. The van der Waals surface area contributed by atoms with Crippen molar-refractivity contribution in [1.82, 2.24) is 14.9 Å². The van der Waals surface area contributed by atoms with Crippen LogP contribution in [-0.4, -0.2) is 26.6 Å². The Balaban J connectivity index is 2.24. The average Bonchev–Trinajstić information content (AvgIpc) is 2.59. The number of hydrogen-bond acceptors (Lipinski definition) is 4. The highest BCUT2D eigenvalue weighted by Crippen LogP contribution is 2.23. The zero-order valence-corrected chi connectivity index (χ0v) is 14.7. The van der Waals surface area contributed by atoms with Crippen molar-refractivity contribution in [2.24, 2.45) is 0 Å². The van der Waals surface area contributed by atoms with Crippen molar-refractivity contribution < 1.29 is 18.7 Å². The van der Waals surface area contributed by atoms with E-state index in [1.807, 2.05) is 0 Å². The Morgan fingerprint density at radius 3 is 2.59 bits per heavy atom. The summed E-state index contributed by atoms with van der Waals surface area (Å²) in [5.74, 6) is -2.66. The van der Waals surface area contributed by atoms with E-state index in [0.29, 0.717) is 0 Å². The van der Waals surface area contributed by atoms with E-state index in [2.05, 4.69) is 10.3 Å². The zero-order chi connectivity index (χ0) is 19.7. The van der Waals surface area contributed by atoms with Gasteiger partial charge >= 0.3 is 0 Å². The number of halogens is 2. The lowest BCUT2D eigenvalue weighted by atomic mass is 10.1. The molecule has 1 aromatic heterocycles. The van der Waals surface area contributed by atoms with E-state index >= 15 is 0 Å². The van der Waals surface area contributed by atoms with E-state index in [4.69, 9.17) is 0 Å². The Hall–Kier alpha value is -3.29. The summed E-state index contributed by atoms with van der Waals surface area (Å²) in [7, 11) is 0. The molecule has 27 heavy (non-hydrogen) atoms. The summed E-state index contributed by atoms with van der Waals surface area (Å²) < 4.78 is 28.1. The van der Waals surface area contributed by atoms with Crippen LogP contribution in [-0.2, 0) is 11.3 Å². The molecule has 0 fully saturated rings. The molecule has 0 atom stereocenters. The first kappa shape index (κ1) is 18.5. The maximum absolute atomic E-state index is 13.7. The van der Waals surface area contributed by atoms with Crippen LogP contribution in [0.5, 0.6) is 5.75 Å². The summed E-state index contributed by atoms with van der Waals surface area (Å²) in [6.45, 7) is 3.19. The van der Waals surface area contributed by atoms with E-state index in [-0.39, 0.29) is 40.6 Å². The topological polar surface area (TPSA) is 84.2 Å². The quantitative estimate of drug-likeness (QED) is 0.736. The molecule has 8 heteroatoms. The monoisotopic (exact) mass is 373 g/mol. The summed E-state index contributed by atoms with van der Waals surface area (Å²) in [5, 5.41) is 12.4. The van der Waals surface area contributed by atoms with Crippen LogP contribution in [0.2, 0.25) is 0 Å². The first-order valence-corrected chi connectivity index (χ1v) is 8.24. The van der Waals surface area contributed by atoms with Crippen LogP contribution in [0.15, 0.2) is 41.2 Å². The number of aromatic nitrogens is 2. The molecule has 0 bridgehead atoms. The minimum Gasteiger partial charge on any atom is -0.508 e. The third-order valence-corrected chi connectivity index (χ3v) is 3.87. The van der Waals surface area contributed by atoms with Gasteiger partial charge in [0.05, 0.1) is 10.9 Å². The number of nitrogens with one attached hydrogen (secondary N) is 1. The number of nitrogens with zero attached hydrogens (tertiary/aromatic N) is 2. The maximum Gasteiger partial charge on any atom is 0.262 e. The standard InChI is InChI=1S/C19H17F2N3O3/c1-10(2)22-17(26)9-24-18(11-3-5-14(20)15(21)7-11)23-16-6-4-12(25)8-13(16)19(24)27/h3-8,10,25H,9H2,1-2H3,(H,22,26). The highest BCUT2D eigenvalue weighted by atomic mass is 19.2. The Morgan fingerprint density at radius 2 is 1.93 bits per heavy atom. The lowest BCUT2D eigenvalue weighted by molar-refractivity contribution is -0.122. The second-order valence-corrected chi connectivity index (χ2v) is 6.38. The van der Waals surface area contributed by atoms with E-state index in [9.17, 15) is 23.5 Å². The highest BCUT2D eigenvalue weighted by Gasteiger charge is 2.17. The summed E-state index contributed by atoms with van der Waals surface area (Å²) in [6.07, 6.45) is 0. The third kappa shape index (κ3) is 3.79. The van der Waals surface area contributed by atoms with Gasteiger partial charge in [0.2, 0.25) is 5.91 Å². The smallest absolute Gasteiger partial charge is 0.262 e. The number of phenolic OH excluding ortho intramolecular Hbond substituents is 1. The molecule has 0 radical (unpaired) electrons. The predicted octanol–water partition coefficient (Wildman–Crippen LogP) is 2.57. The van der Waals surface area contributed by atoms with Gasteiger partial charge in [-0.1, -0.05) is 0 Å². The Bertz CT molecular complexity index is 1090. The second-order valence-electron chi connectivity index (χ2n) is 6.38. The van der Waals surface area contributed by atoms with Crippen LogP contribution in [0.1, 0.15) is 13.8 Å². The lowest BCUT2D eigenvalue weighted by Crippen LogP contribution is -2.37. The summed E-state index contributed by atoms with van der Waals surface area (Å²) >= 11 is 0. The molecule has 0 saturated heterocycles. The van der Waals surface area contributed by atoms with E-state index in [1.165, 1.54) is 24.3 Å². The largest absolute Gasteiger partial charge is 0.508 e. The molecule has 1 heterocycles. The summed E-state index contributed by atoms with van der Waals surface area (Å²) in [5.41, 5.74) is -0.161. The van der Waals surface area contributed by atoms with Crippen LogP contribution in [0.3, 0.4) is 0 Å². The number of carbonyl (C=O) groups is 1. The van der Waals surface area contributed by atoms with Gasteiger partial charge < -0.3 is 10.4 Å². The number of hydrogen-bond donors (Lipinski definition) is 2. The molecule has 1 amide bonds. The molecular weight excluding hydrogens is 356 g/mol. The molecule has 0 spiro atoms.